The number of ether oxygens (including phenoxy) is 2. The van der Waals surface area contributed by atoms with E-state index in [4.69, 9.17) is 9.47 Å². The Bertz CT molecular complexity index is 800. The predicted molar refractivity (Wildman–Crippen MR) is 97.9 cm³/mol. The van der Waals surface area contributed by atoms with E-state index in [1.54, 1.807) is 31.4 Å². The first kappa shape index (κ1) is 17.3. The number of aryl methyl sites for hydroxylation is 1. The molecule has 2 N–H and O–H groups in total. The molecule has 1 heterocycles. The van der Waals surface area contributed by atoms with E-state index in [-0.39, 0.29) is 0 Å². The van der Waals surface area contributed by atoms with E-state index >= 15 is 0 Å². The lowest BCUT2D eigenvalue weighted by Crippen LogP contribution is -2.20. The Labute approximate surface area is 150 Å². The number of methoxy groups -OCH3 is 2. The van der Waals surface area contributed by atoms with Crippen molar-refractivity contribution >= 4 is 34.0 Å². The van der Waals surface area contributed by atoms with Crippen molar-refractivity contribution in [3.8, 4) is 5.75 Å². The number of carbonyl (C=O) groups is 2. The molecule has 132 valence electrons. The molecule has 0 saturated heterocycles. The van der Waals surface area contributed by atoms with Crippen LogP contribution in [0.25, 0.3) is 0 Å². The topological polar surface area (TPSA) is 76.7 Å². The Morgan fingerprint density at radius 2 is 1.92 bits per heavy atom. The summed E-state index contributed by atoms with van der Waals surface area (Å²) in [6, 6.07) is 6.67. The Morgan fingerprint density at radius 3 is 2.68 bits per heavy atom. The van der Waals surface area contributed by atoms with Crippen LogP contribution in [0.1, 0.15) is 33.6 Å². The van der Waals surface area contributed by atoms with Gasteiger partial charge in [0, 0.05) is 16.6 Å². The number of benzene rings is 1. The number of fused-ring (bicyclic) bond motifs is 1. The first-order valence-electron chi connectivity index (χ1n) is 8.07. The average molecular weight is 360 g/mol. The number of rotatable bonds is 4. The number of anilines is 2. The lowest BCUT2D eigenvalue weighted by molar-refractivity contribution is 0.0601. The lowest BCUT2D eigenvalue weighted by atomic mass is 9.95. The zero-order valence-corrected chi connectivity index (χ0v) is 15.0. The number of urea groups is 1. The summed E-state index contributed by atoms with van der Waals surface area (Å²) in [5, 5.41) is 6.09. The molecular weight excluding hydrogens is 340 g/mol. The summed E-state index contributed by atoms with van der Waals surface area (Å²) in [6.45, 7) is 0. The standard InChI is InChI=1S/C18H20N2O4S/c1-23-12-7-5-6-11(10-12)19-18(22)20-16-15(17(21)24-2)13-8-3-4-9-14(13)25-16/h5-7,10H,3-4,8-9H2,1-2H3,(H2,19,20,22). The maximum atomic E-state index is 12.3. The van der Waals surface area contributed by atoms with E-state index in [9.17, 15) is 9.59 Å². The molecule has 0 unspecified atom stereocenters. The van der Waals surface area contributed by atoms with Crippen LogP contribution in [0.3, 0.4) is 0 Å². The van der Waals surface area contributed by atoms with Crippen molar-refractivity contribution < 1.29 is 19.1 Å². The minimum absolute atomic E-state index is 0.406. The molecule has 1 aromatic carbocycles. The molecule has 0 bridgehead atoms. The van der Waals surface area contributed by atoms with Gasteiger partial charge in [0.2, 0.25) is 0 Å². The highest BCUT2D eigenvalue weighted by Gasteiger charge is 2.26. The summed E-state index contributed by atoms with van der Waals surface area (Å²) >= 11 is 1.45. The Kier molecular flexibility index (Phi) is 5.23. The summed E-state index contributed by atoms with van der Waals surface area (Å²) in [7, 11) is 2.92. The van der Waals surface area contributed by atoms with E-state index in [0.717, 1.165) is 36.1 Å². The summed E-state index contributed by atoms with van der Waals surface area (Å²) in [5.74, 6) is 0.246. The van der Waals surface area contributed by atoms with Gasteiger partial charge in [0.25, 0.3) is 0 Å². The lowest BCUT2D eigenvalue weighted by Gasteiger charge is -2.12. The Morgan fingerprint density at radius 1 is 1.12 bits per heavy atom. The minimum Gasteiger partial charge on any atom is -0.497 e. The molecule has 7 heteroatoms. The molecule has 0 fully saturated rings. The smallest absolute Gasteiger partial charge is 0.341 e. The SMILES string of the molecule is COC(=O)c1c(NC(=O)Nc2cccc(OC)c2)sc2c1CCCC2. The first-order valence-corrected chi connectivity index (χ1v) is 8.89. The van der Waals surface area contributed by atoms with Crippen molar-refractivity contribution in [1.29, 1.82) is 0 Å². The van der Waals surface area contributed by atoms with Gasteiger partial charge < -0.3 is 14.8 Å². The summed E-state index contributed by atoms with van der Waals surface area (Å²) in [6.07, 6.45) is 3.92. The molecule has 25 heavy (non-hydrogen) atoms. The van der Waals surface area contributed by atoms with Gasteiger partial charge in [-0.1, -0.05) is 6.07 Å². The van der Waals surface area contributed by atoms with Gasteiger partial charge in [-0.25, -0.2) is 9.59 Å². The maximum absolute atomic E-state index is 12.3. The van der Waals surface area contributed by atoms with Crippen molar-refractivity contribution in [2.45, 2.75) is 25.7 Å². The fourth-order valence-electron chi connectivity index (χ4n) is 2.94. The number of hydrogen-bond donors (Lipinski definition) is 2. The molecule has 0 radical (unpaired) electrons. The average Bonchev–Trinajstić information content (AvgIpc) is 2.98. The molecule has 2 aromatic rings. The fraction of sp³-hybridized carbons (Fsp3) is 0.333. The molecule has 0 aliphatic heterocycles. The van der Waals surface area contributed by atoms with Crippen LogP contribution in [-0.4, -0.2) is 26.2 Å². The second-order valence-electron chi connectivity index (χ2n) is 5.72. The van der Waals surface area contributed by atoms with Gasteiger partial charge >= 0.3 is 12.0 Å². The highest BCUT2D eigenvalue weighted by Crippen LogP contribution is 2.38. The van der Waals surface area contributed by atoms with Crippen molar-refractivity contribution in [2.75, 3.05) is 24.9 Å². The minimum atomic E-state index is -0.406. The highest BCUT2D eigenvalue weighted by molar-refractivity contribution is 7.17. The monoisotopic (exact) mass is 360 g/mol. The number of carbonyl (C=O) groups excluding carboxylic acids is 2. The summed E-state index contributed by atoms with van der Waals surface area (Å²) in [4.78, 5) is 25.7. The van der Waals surface area contributed by atoms with Crippen molar-refractivity contribution in [3.63, 3.8) is 0 Å². The quantitative estimate of drug-likeness (QED) is 0.806. The molecular formula is C18H20N2O4S. The molecule has 1 aromatic heterocycles. The van der Waals surface area contributed by atoms with Crippen LogP contribution in [0.4, 0.5) is 15.5 Å². The third-order valence-electron chi connectivity index (χ3n) is 4.12. The summed E-state index contributed by atoms with van der Waals surface area (Å²) < 4.78 is 10.1. The third-order valence-corrected chi connectivity index (χ3v) is 5.32. The van der Waals surface area contributed by atoms with E-state index in [2.05, 4.69) is 10.6 Å². The molecule has 1 aliphatic carbocycles. The van der Waals surface area contributed by atoms with Gasteiger partial charge in [-0.15, -0.1) is 11.3 Å². The highest BCUT2D eigenvalue weighted by atomic mass is 32.1. The van der Waals surface area contributed by atoms with Crippen LogP contribution in [0, 0.1) is 0 Å². The summed E-state index contributed by atoms with van der Waals surface area (Å²) in [5.41, 5.74) is 2.11. The van der Waals surface area contributed by atoms with E-state index in [1.165, 1.54) is 18.4 Å². The maximum Gasteiger partial charge on any atom is 0.341 e. The van der Waals surface area contributed by atoms with Crippen LogP contribution < -0.4 is 15.4 Å². The van der Waals surface area contributed by atoms with Crippen LogP contribution in [-0.2, 0) is 17.6 Å². The van der Waals surface area contributed by atoms with E-state index in [0.29, 0.717) is 22.0 Å². The second-order valence-corrected chi connectivity index (χ2v) is 6.82. The first-order chi connectivity index (χ1) is 12.1. The number of hydrogen-bond acceptors (Lipinski definition) is 5. The van der Waals surface area contributed by atoms with Gasteiger partial charge in [0.05, 0.1) is 19.8 Å². The van der Waals surface area contributed by atoms with E-state index < -0.39 is 12.0 Å². The zero-order valence-electron chi connectivity index (χ0n) is 14.2. The molecule has 6 nitrogen and oxygen atoms in total. The van der Waals surface area contributed by atoms with E-state index in [1.807, 2.05) is 0 Å². The van der Waals surface area contributed by atoms with Crippen LogP contribution in [0.5, 0.6) is 5.75 Å². The molecule has 2 amide bonds. The van der Waals surface area contributed by atoms with Gasteiger partial charge in [-0.3, -0.25) is 5.32 Å². The fourth-order valence-corrected chi connectivity index (χ4v) is 4.21. The van der Waals surface area contributed by atoms with Crippen molar-refractivity contribution in [2.24, 2.45) is 0 Å². The van der Waals surface area contributed by atoms with Gasteiger partial charge in [0.15, 0.2) is 0 Å². The van der Waals surface area contributed by atoms with Crippen molar-refractivity contribution in [3.05, 3.63) is 40.3 Å². The molecule has 0 atom stereocenters. The predicted octanol–water partition coefficient (Wildman–Crippen LogP) is 4.07. The number of nitrogens with one attached hydrogen (secondary N) is 2. The van der Waals surface area contributed by atoms with Crippen LogP contribution in [0.15, 0.2) is 24.3 Å². The van der Waals surface area contributed by atoms with Crippen LogP contribution in [0.2, 0.25) is 0 Å². The molecule has 1 aliphatic rings. The number of esters is 1. The second kappa shape index (κ2) is 7.57. The Balaban J connectivity index is 1.80. The largest absolute Gasteiger partial charge is 0.497 e. The van der Waals surface area contributed by atoms with Crippen molar-refractivity contribution in [1.82, 2.24) is 0 Å². The third kappa shape index (κ3) is 3.76. The number of thiophene rings is 1. The Hall–Kier alpha value is -2.54. The van der Waals surface area contributed by atoms with Gasteiger partial charge in [-0.2, -0.15) is 0 Å². The van der Waals surface area contributed by atoms with Gasteiger partial charge in [0.1, 0.15) is 10.8 Å². The molecule has 3 rings (SSSR count). The number of amides is 2. The zero-order chi connectivity index (χ0) is 17.8. The van der Waals surface area contributed by atoms with Crippen LogP contribution >= 0.6 is 11.3 Å². The van der Waals surface area contributed by atoms with Gasteiger partial charge in [-0.05, 0) is 43.4 Å². The normalized spacial score (nSPS) is 12.9. The molecule has 0 saturated carbocycles. The molecule has 0 spiro atoms.